The first-order valence-electron chi connectivity index (χ1n) is 3.50. The van der Waals surface area contributed by atoms with Crippen molar-refractivity contribution in [3.63, 3.8) is 0 Å². The second kappa shape index (κ2) is 3.92. The molecule has 0 spiro atoms. The van der Waals surface area contributed by atoms with E-state index in [9.17, 15) is 9.90 Å². The van der Waals surface area contributed by atoms with Crippen LogP contribution in [0.1, 0.15) is 21.5 Å². The van der Waals surface area contributed by atoms with Gasteiger partial charge in [0.25, 0.3) is 0 Å². The number of carbonyl (C=O) groups excluding carboxylic acids is 1. The highest BCUT2D eigenvalue weighted by Gasteiger charge is 2.08. The summed E-state index contributed by atoms with van der Waals surface area (Å²) in [5.74, 6) is -0.0775. The molecule has 0 bridgehead atoms. The zero-order valence-electron chi connectivity index (χ0n) is 6.62. The zero-order chi connectivity index (χ0) is 9.84. The molecule has 0 saturated heterocycles. The predicted octanol–water partition coefficient (Wildman–Crippen LogP) is 1.82. The fourth-order valence-electron chi connectivity index (χ4n) is 0.975. The maximum atomic E-state index is 10.5. The smallest absolute Gasteiger partial charge is 0.153 e. The molecule has 4 heteroatoms. The van der Waals surface area contributed by atoms with Crippen molar-refractivity contribution in [2.75, 3.05) is 0 Å². The van der Waals surface area contributed by atoms with Crippen LogP contribution in [-0.4, -0.2) is 11.4 Å². The summed E-state index contributed by atoms with van der Waals surface area (Å²) in [6.07, 6.45) is 0.492. The van der Waals surface area contributed by atoms with Gasteiger partial charge >= 0.3 is 0 Å². The molecular weight excluding hydrogens is 190 g/mol. The lowest BCUT2D eigenvalue weighted by atomic mass is 10.1. The Balaban J connectivity index is 3.39. The van der Waals surface area contributed by atoms with Crippen molar-refractivity contribution in [3.05, 3.63) is 28.8 Å². The Morgan fingerprint density at radius 2 is 2.31 bits per heavy atom. The summed E-state index contributed by atoms with van der Waals surface area (Å²) in [5, 5.41) is 18.0. The number of halogens is 1. The molecule has 0 atom stereocenters. The van der Waals surface area contributed by atoms with E-state index in [0.29, 0.717) is 17.4 Å². The summed E-state index contributed by atoms with van der Waals surface area (Å²) in [6.45, 7) is 0. The van der Waals surface area contributed by atoms with Crippen molar-refractivity contribution in [1.29, 1.82) is 5.26 Å². The molecule has 0 aliphatic carbocycles. The van der Waals surface area contributed by atoms with Crippen LogP contribution in [0.4, 0.5) is 0 Å². The molecular formula is C9H6ClNO2. The van der Waals surface area contributed by atoms with Crippen LogP contribution >= 0.6 is 11.6 Å². The van der Waals surface area contributed by atoms with Gasteiger partial charge in [-0.15, -0.1) is 11.6 Å². The summed E-state index contributed by atoms with van der Waals surface area (Å²) >= 11 is 5.50. The minimum absolute atomic E-state index is 0.0716. The van der Waals surface area contributed by atoms with Gasteiger partial charge in [-0.2, -0.15) is 5.26 Å². The number of alkyl halides is 1. The largest absolute Gasteiger partial charge is 0.507 e. The number of nitriles is 1. The second-order valence-electron chi connectivity index (χ2n) is 2.44. The highest BCUT2D eigenvalue weighted by atomic mass is 35.5. The lowest BCUT2D eigenvalue weighted by Crippen LogP contribution is -1.89. The number of phenols is 1. The molecule has 0 radical (unpaired) electrons. The molecule has 0 amide bonds. The van der Waals surface area contributed by atoms with Crippen LogP contribution in [0.5, 0.6) is 5.75 Å². The number of aromatic hydroxyl groups is 1. The van der Waals surface area contributed by atoms with Crippen LogP contribution in [0.3, 0.4) is 0 Å². The monoisotopic (exact) mass is 195 g/mol. The van der Waals surface area contributed by atoms with Crippen molar-refractivity contribution in [1.82, 2.24) is 0 Å². The lowest BCUT2D eigenvalue weighted by Gasteiger charge is -2.03. The van der Waals surface area contributed by atoms with Gasteiger partial charge in [-0.3, -0.25) is 4.79 Å². The van der Waals surface area contributed by atoms with Gasteiger partial charge in [-0.05, 0) is 12.1 Å². The Kier molecular flexibility index (Phi) is 2.88. The SMILES string of the molecule is N#Cc1cc(C=O)c(O)c(CCl)c1. The average molecular weight is 196 g/mol. The lowest BCUT2D eigenvalue weighted by molar-refractivity contribution is 0.112. The molecule has 3 nitrogen and oxygen atoms in total. The molecule has 1 N–H and O–H groups in total. The molecule has 1 aromatic rings. The number of hydrogen-bond donors (Lipinski definition) is 1. The first-order valence-corrected chi connectivity index (χ1v) is 4.03. The minimum Gasteiger partial charge on any atom is -0.507 e. The predicted molar refractivity (Wildman–Crippen MR) is 47.8 cm³/mol. The number of nitrogens with zero attached hydrogens (tertiary/aromatic N) is 1. The van der Waals surface area contributed by atoms with E-state index >= 15 is 0 Å². The van der Waals surface area contributed by atoms with Crippen LogP contribution in [0.15, 0.2) is 12.1 Å². The van der Waals surface area contributed by atoms with Crippen molar-refractivity contribution in [2.45, 2.75) is 5.88 Å². The maximum absolute atomic E-state index is 10.5. The molecule has 0 aliphatic heterocycles. The maximum Gasteiger partial charge on any atom is 0.153 e. The molecule has 0 saturated carbocycles. The summed E-state index contributed by atoms with van der Waals surface area (Å²) in [4.78, 5) is 10.5. The molecule has 13 heavy (non-hydrogen) atoms. The Morgan fingerprint density at radius 3 is 2.77 bits per heavy atom. The summed E-state index contributed by atoms with van der Waals surface area (Å²) < 4.78 is 0. The van der Waals surface area contributed by atoms with Crippen molar-refractivity contribution in [2.24, 2.45) is 0 Å². The van der Waals surface area contributed by atoms with E-state index in [-0.39, 0.29) is 17.2 Å². The second-order valence-corrected chi connectivity index (χ2v) is 2.70. The average Bonchev–Trinajstić information content (AvgIpc) is 2.18. The van der Waals surface area contributed by atoms with Crippen LogP contribution < -0.4 is 0 Å². The number of hydrogen-bond acceptors (Lipinski definition) is 3. The van der Waals surface area contributed by atoms with E-state index in [1.165, 1.54) is 12.1 Å². The van der Waals surface area contributed by atoms with E-state index in [4.69, 9.17) is 16.9 Å². The topological polar surface area (TPSA) is 61.1 Å². The molecule has 0 aromatic heterocycles. The standard InChI is InChI=1S/C9H6ClNO2/c10-3-7-1-6(4-11)2-8(5-12)9(7)13/h1-2,5,13H,3H2. The molecule has 1 rings (SSSR count). The van der Waals surface area contributed by atoms with Crippen LogP contribution in [0.2, 0.25) is 0 Å². The number of phenolic OH excluding ortho intramolecular Hbond substituents is 1. The Labute approximate surface area is 80.2 Å². The highest BCUT2D eigenvalue weighted by Crippen LogP contribution is 2.24. The quantitative estimate of drug-likeness (QED) is 0.578. The van der Waals surface area contributed by atoms with Crippen molar-refractivity contribution >= 4 is 17.9 Å². The molecule has 0 fully saturated rings. The Bertz CT molecular complexity index is 382. The van der Waals surface area contributed by atoms with Gasteiger partial charge in [-0.1, -0.05) is 0 Å². The number of aldehydes is 1. The third-order valence-corrected chi connectivity index (χ3v) is 1.91. The van der Waals surface area contributed by atoms with Gasteiger partial charge in [0.05, 0.1) is 23.1 Å². The van der Waals surface area contributed by atoms with E-state index < -0.39 is 0 Å². The Morgan fingerprint density at radius 1 is 1.62 bits per heavy atom. The highest BCUT2D eigenvalue weighted by molar-refractivity contribution is 6.17. The molecule has 66 valence electrons. The van der Waals surface area contributed by atoms with Crippen LogP contribution in [0.25, 0.3) is 0 Å². The fraction of sp³-hybridized carbons (Fsp3) is 0.111. The molecule has 0 unspecified atom stereocenters. The third-order valence-electron chi connectivity index (χ3n) is 1.62. The minimum atomic E-state index is -0.149. The van der Waals surface area contributed by atoms with Crippen molar-refractivity contribution in [3.8, 4) is 11.8 Å². The van der Waals surface area contributed by atoms with Crippen LogP contribution in [0, 0.1) is 11.3 Å². The van der Waals surface area contributed by atoms with E-state index in [0.717, 1.165) is 0 Å². The molecule has 1 aromatic carbocycles. The van der Waals surface area contributed by atoms with Gasteiger partial charge in [0, 0.05) is 5.56 Å². The van der Waals surface area contributed by atoms with E-state index in [1.54, 1.807) is 0 Å². The van der Waals surface area contributed by atoms with Gasteiger partial charge in [0.1, 0.15) is 5.75 Å². The third kappa shape index (κ3) is 1.79. The zero-order valence-corrected chi connectivity index (χ0v) is 7.38. The van der Waals surface area contributed by atoms with E-state index in [2.05, 4.69) is 0 Å². The summed E-state index contributed by atoms with van der Waals surface area (Å²) in [7, 11) is 0. The van der Waals surface area contributed by atoms with Gasteiger partial charge in [-0.25, -0.2) is 0 Å². The normalized spacial score (nSPS) is 9.23. The van der Waals surface area contributed by atoms with Gasteiger partial charge < -0.3 is 5.11 Å². The first kappa shape index (κ1) is 9.56. The fourth-order valence-corrected chi connectivity index (χ4v) is 1.18. The summed E-state index contributed by atoms with van der Waals surface area (Å²) in [6, 6.07) is 4.65. The molecule has 0 heterocycles. The number of rotatable bonds is 2. The van der Waals surface area contributed by atoms with Crippen LogP contribution in [-0.2, 0) is 5.88 Å². The summed E-state index contributed by atoms with van der Waals surface area (Å²) in [5.41, 5.74) is 0.799. The van der Waals surface area contributed by atoms with Crippen molar-refractivity contribution < 1.29 is 9.90 Å². The molecule has 0 aliphatic rings. The first-order chi connectivity index (χ1) is 6.22. The number of benzene rings is 1. The van der Waals surface area contributed by atoms with Gasteiger partial charge in [0.15, 0.2) is 6.29 Å². The van der Waals surface area contributed by atoms with Gasteiger partial charge in [0.2, 0.25) is 0 Å². The van der Waals surface area contributed by atoms with E-state index in [1.807, 2.05) is 6.07 Å². The number of carbonyl (C=O) groups is 1. The Hall–Kier alpha value is -1.53.